The van der Waals surface area contributed by atoms with Gasteiger partial charge in [-0.05, 0) is 0 Å². The molecule has 0 saturated carbocycles. The average Bonchev–Trinajstić information content (AvgIpc) is 2.91. The van der Waals surface area contributed by atoms with Gasteiger partial charge in [0.05, 0.1) is 0 Å². The molecular weight excluding hydrogens is 656 g/mol. The van der Waals surface area contributed by atoms with E-state index in [1.165, 1.54) is 0 Å². The summed E-state index contributed by atoms with van der Waals surface area (Å²) in [5.74, 6) is -6.62. The van der Waals surface area contributed by atoms with Crippen molar-refractivity contribution < 1.29 is 85.7 Å². The normalized spacial score (nSPS) is 30.0. The minimum absolute atomic E-state index is 0.520. The number of carbonyl (C=O) groups excluding carboxylic acids is 8. The third kappa shape index (κ3) is 12.3. The zero-order valence-corrected chi connectivity index (χ0v) is 27.8. The molecule has 0 aromatic heterocycles. The van der Waals surface area contributed by atoms with E-state index in [0.29, 0.717) is 11.8 Å². The summed E-state index contributed by atoms with van der Waals surface area (Å²) in [6, 6.07) is 0. The highest BCUT2D eigenvalue weighted by Crippen LogP contribution is 2.41. The fourth-order valence-corrected chi connectivity index (χ4v) is 6.14. The lowest BCUT2D eigenvalue weighted by Gasteiger charge is -2.47. The number of rotatable bonds is 12. The second kappa shape index (κ2) is 17.8. The predicted molar refractivity (Wildman–Crippen MR) is 152 cm³/mol. The minimum Gasteiger partial charge on any atom is -0.463 e. The average molecular weight is 695 g/mol. The maximum atomic E-state index is 12.3. The van der Waals surface area contributed by atoms with Crippen LogP contribution in [0.4, 0.5) is 0 Å². The van der Waals surface area contributed by atoms with Crippen molar-refractivity contribution in [3.05, 3.63) is 0 Å². The number of hydrogen-bond acceptors (Lipinski definition) is 19. The number of thioether (sulfide) groups is 1. The van der Waals surface area contributed by atoms with Crippen LogP contribution >= 0.6 is 11.8 Å². The van der Waals surface area contributed by atoms with Crippen molar-refractivity contribution in [2.75, 3.05) is 13.2 Å². The highest BCUT2D eigenvalue weighted by molar-refractivity contribution is 8.00. The van der Waals surface area contributed by atoms with E-state index in [-0.39, 0.29) is 0 Å². The number of hydrogen-bond donors (Lipinski definition) is 0. The molecular formula is C28H38O18S. The molecule has 0 bridgehead atoms. The summed E-state index contributed by atoms with van der Waals surface area (Å²) < 4.78 is 55.0. The van der Waals surface area contributed by atoms with Gasteiger partial charge in [-0.1, -0.05) is 11.8 Å². The molecule has 18 nitrogen and oxygen atoms in total. The van der Waals surface area contributed by atoms with Crippen LogP contribution in [0.15, 0.2) is 0 Å². The van der Waals surface area contributed by atoms with E-state index in [1.54, 1.807) is 0 Å². The van der Waals surface area contributed by atoms with Crippen LogP contribution in [0.3, 0.4) is 0 Å². The largest absolute Gasteiger partial charge is 0.463 e. The van der Waals surface area contributed by atoms with Crippen LogP contribution in [0.2, 0.25) is 0 Å². The van der Waals surface area contributed by atoms with Gasteiger partial charge in [-0.15, -0.1) is 0 Å². The second-order valence-corrected chi connectivity index (χ2v) is 11.5. The zero-order valence-electron chi connectivity index (χ0n) is 26.9. The SMILES string of the molecule is CC(=O)OC[C@@H]1O[C@@H](S[C@H]2O[C@@H](COC(C)=O)[C@@H](OC(C)=O)[C@@H](OC(C)=O)[C@H]2OC(C)=O)[C@@H](OC(C)=O)[C@@H](OC(C)=O)[C@H]1OC(C)=O. The summed E-state index contributed by atoms with van der Waals surface area (Å²) in [6.07, 6.45) is -11.7. The summed E-state index contributed by atoms with van der Waals surface area (Å²) in [5.41, 5.74) is -2.84. The van der Waals surface area contributed by atoms with Gasteiger partial charge in [0.25, 0.3) is 0 Å². The van der Waals surface area contributed by atoms with Crippen LogP contribution in [0.1, 0.15) is 55.4 Å². The first kappa shape index (κ1) is 39.2. The van der Waals surface area contributed by atoms with Crippen LogP contribution < -0.4 is 0 Å². The van der Waals surface area contributed by atoms with E-state index >= 15 is 0 Å². The molecule has 0 aromatic carbocycles. The van der Waals surface area contributed by atoms with Gasteiger partial charge in [0.2, 0.25) is 0 Å². The van der Waals surface area contributed by atoms with Crippen LogP contribution in [-0.4, -0.2) is 121 Å². The summed E-state index contributed by atoms with van der Waals surface area (Å²) in [6.45, 7) is 7.50. The Kier molecular flexibility index (Phi) is 14.9. The van der Waals surface area contributed by atoms with E-state index < -0.39 is 121 Å². The monoisotopic (exact) mass is 694 g/mol. The van der Waals surface area contributed by atoms with Gasteiger partial charge in [-0.3, -0.25) is 38.4 Å². The third-order valence-corrected chi connectivity index (χ3v) is 7.46. The Balaban J connectivity index is 2.69. The Hall–Kier alpha value is -3.97. The summed E-state index contributed by atoms with van der Waals surface area (Å²) >= 11 is 0.678. The smallest absolute Gasteiger partial charge is 0.303 e. The Morgan fingerprint density at radius 3 is 0.915 bits per heavy atom. The van der Waals surface area contributed by atoms with E-state index in [0.717, 1.165) is 55.4 Å². The molecule has 2 rings (SSSR count). The molecule has 264 valence electrons. The molecule has 2 heterocycles. The number of esters is 8. The topological polar surface area (TPSA) is 229 Å². The van der Waals surface area contributed by atoms with Gasteiger partial charge in [-0.2, -0.15) is 0 Å². The molecule has 47 heavy (non-hydrogen) atoms. The van der Waals surface area contributed by atoms with Crippen LogP contribution in [0.5, 0.6) is 0 Å². The predicted octanol–water partition coefficient (Wildman–Crippen LogP) is -0.114. The molecule has 10 atom stereocenters. The number of carbonyl (C=O) groups is 8. The van der Waals surface area contributed by atoms with Gasteiger partial charge in [0.15, 0.2) is 36.6 Å². The molecule has 0 N–H and O–H groups in total. The molecule has 0 spiro atoms. The van der Waals surface area contributed by atoms with Gasteiger partial charge < -0.3 is 47.4 Å². The Labute approximate surface area is 273 Å². The van der Waals surface area contributed by atoms with Crippen molar-refractivity contribution in [1.29, 1.82) is 0 Å². The van der Waals surface area contributed by atoms with E-state index in [2.05, 4.69) is 0 Å². The first-order chi connectivity index (χ1) is 21.9. The van der Waals surface area contributed by atoms with Crippen molar-refractivity contribution in [3.8, 4) is 0 Å². The van der Waals surface area contributed by atoms with Crippen molar-refractivity contribution >= 4 is 59.5 Å². The molecule has 0 amide bonds. The number of ether oxygens (including phenoxy) is 10. The lowest BCUT2D eigenvalue weighted by atomic mass is 9.99. The highest BCUT2D eigenvalue weighted by atomic mass is 32.2. The van der Waals surface area contributed by atoms with Crippen molar-refractivity contribution in [3.63, 3.8) is 0 Å². The van der Waals surface area contributed by atoms with Gasteiger partial charge >= 0.3 is 47.8 Å². The quantitative estimate of drug-likeness (QED) is 0.192. The van der Waals surface area contributed by atoms with Crippen LogP contribution in [0, 0.1) is 0 Å². The summed E-state index contributed by atoms with van der Waals surface area (Å²) in [5, 5.41) is 0. The second-order valence-electron chi connectivity index (χ2n) is 10.3. The van der Waals surface area contributed by atoms with Gasteiger partial charge in [-0.25, -0.2) is 0 Å². The first-order valence-electron chi connectivity index (χ1n) is 14.2. The van der Waals surface area contributed by atoms with Crippen molar-refractivity contribution in [2.24, 2.45) is 0 Å². The fraction of sp³-hybridized carbons (Fsp3) is 0.714. The Bertz CT molecular complexity index is 1110. The molecule has 19 heteroatoms. The standard InChI is InChI=1S/C28H38O18S/c1-11(29)37-9-19-21(39-13(3)31)23(41-15(5)33)25(43-17(7)35)27(45-19)47-28-26(44-18(8)36)24(42-16(6)34)22(40-14(4)32)20(46-28)10-38-12(2)30/h19-28H,9-10H2,1-8H3/t19-,20-,21-,22+,23-,24+,25-,26+,27-,28+/m0/s1. The van der Waals surface area contributed by atoms with E-state index in [1.807, 2.05) is 0 Å². The minimum atomic E-state index is -1.54. The maximum absolute atomic E-state index is 12.3. The van der Waals surface area contributed by atoms with Gasteiger partial charge in [0.1, 0.15) is 36.3 Å². The lowest BCUT2D eigenvalue weighted by Crippen LogP contribution is -2.64. The summed E-state index contributed by atoms with van der Waals surface area (Å²) in [4.78, 5) is 96.4. The third-order valence-electron chi connectivity index (χ3n) is 6.16. The van der Waals surface area contributed by atoms with Crippen molar-refractivity contribution in [1.82, 2.24) is 0 Å². The van der Waals surface area contributed by atoms with Crippen LogP contribution in [0.25, 0.3) is 0 Å². The molecule has 0 aromatic rings. The molecule has 2 fully saturated rings. The molecule has 2 aliphatic rings. The maximum Gasteiger partial charge on any atom is 0.303 e. The van der Waals surface area contributed by atoms with Crippen LogP contribution in [-0.2, 0) is 85.7 Å². The molecule has 2 saturated heterocycles. The first-order valence-corrected chi connectivity index (χ1v) is 15.1. The highest BCUT2D eigenvalue weighted by Gasteiger charge is 2.57. The molecule has 0 unspecified atom stereocenters. The fourth-order valence-electron chi connectivity index (χ4n) is 4.73. The zero-order chi connectivity index (χ0) is 35.6. The molecule has 2 aliphatic heterocycles. The van der Waals surface area contributed by atoms with Crippen molar-refractivity contribution in [2.45, 2.75) is 115 Å². The Morgan fingerprint density at radius 1 is 0.404 bits per heavy atom. The Morgan fingerprint density at radius 2 is 0.660 bits per heavy atom. The summed E-state index contributed by atoms with van der Waals surface area (Å²) in [7, 11) is 0. The van der Waals surface area contributed by atoms with E-state index in [4.69, 9.17) is 47.4 Å². The van der Waals surface area contributed by atoms with Gasteiger partial charge in [0, 0.05) is 55.4 Å². The van der Waals surface area contributed by atoms with E-state index in [9.17, 15) is 38.4 Å². The molecule has 0 radical (unpaired) electrons. The molecule has 0 aliphatic carbocycles. The lowest BCUT2D eigenvalue weighted by molar-refractivity contribution is -0.243.